The number of nitro benzene ring substituents is 1. The summed E-state index contributed by atoms with van der Waals surface area (Å²) in [5.74, 6) is -1.06. The number of carbonyl (C=O) groups is 2. The van der Waals surface area contributed by atoms with E-state index in [1.807, 2.05) is 0 Å². The first kappa shape index (κ1) is 23.4. The number of benzene rings is 3. The van der Waals surface area contributed by atoms with Crippen molar-refractivity contribution >= 4 is 69.8 Å². The zero-order valence-electron chi connectivity index (χ0n) is 17.0. The van der Waals surface area contributed by atoms with Crippen LogP contribution in [0.1, 0.15) is 5.56 Å². The molecule has 8 nitrogen and oxygen atoms in total. The Kier molecular flexibility index (Phi) is 6.60. The van der Waals surface area contributed by atoms with E-state index in [1.165, 1.54) is 24.3 Å². The number of amides is 2. The van der Waals surface area contributed by atoms with Gasteiger partial charge in [0.15, 0.2) is 5.11 Å². The molecule has 0 unspecified atom stereocenters. The van der Waals surface area contributed by atoms with Crippen molar-refractivity contribution in [1.29, 1.82) is 0 Å². The summed E-state index contributed by atoms with van der Waals surface area (Å²) in [5.41, 5.74) is 0.0581. The van der Waals surface area contributed by atoms with Crippen molar-refractivity contribution in [1.82, 2.24) is 5.32 Å². The minimum Gasteiger partial charge on any atom is -0.450 e. The summed E-state index contributed by atoms with van der Waals surface area (Å²) < 4.78 is 5.61. The number of nitro groups is 1. The van der Waals surface area contributed by atoms with E-state index in [2.05, 4.69) is 5.32 Å². The number of thiocarbonyl (C=S) groups is 1. The van der Waals surface area contributed by atoms with Gasteiger partial charge in [-0.25, -0.2) is 0 Å². The molecule has 0 bridgehead atoms. The fraction of sp³-hybridized carbons (Fsp3) is 0. The molecular weight excluding hydrogens is 501 g/mol. The molecule has 0 aromatic heterocycles. The topological polar surface area (TPSA) is 102 Å². The van der Waals surface area contributed by atoms with Gasteiger partial charge in [0.1, 0.15) is 11.3 Å². The summed E-state index contributed by atoms with van der Waals surface area (Å²) in [6, 6.07) is 16.7. The molecule has 1 aliphatic rings. The Morgan fingerprint density at radius 1 is 0.971 bits per heavy atom. The van der Waals surface area contributed by atoms with Crippen molar-refractivity contribution in [2.45, 2.75) is 0 Å². The summed E-state index contributed by atoms with van der Waals surface area (Å²) in [7, 11) is 0. The molecule has 1 heterocycles. The zero-order chi connectivity index (χ0) is 24.4. The molecule has 1 aliphatic heterocycles. The van der Waals surface area contributed by atoms with E-state index in [4.69, 9.17) is 40.2 Å². The minimum absolute atomic E-state index is 0.0159. The van der Waals surface area contributed by atoms with Crippen molar-refractivity contribution in [2.75, 3.05) is 4.90 Å². The fourth-order valence-corrected chi connectivity index (χ4v) is 3.66. The maximum absolute atomic E-state index is 13.1. The molecule has 1 fully saturated rings. The van der Waals surface area contributed by atoms with Crippen LogP contribution in [0.2, 0.25) is 10.0 Å². The van der Waals surface area contributed by atoms with Gasteiger partial charge in [0.05, 0.1) is 10.6 Å². The van der Waals surface area contributed by atoms with Gasteiger partial charge < -0.3 is 4.74 Å². The van der Waals surface area contributed by atoms with Gasteiger partial charge in [0.25, 0.3) is 11.8 Å². The van der Waals surface area contributed by atoms with Crippen LogP contribution >= 0.6 is 35.4 Å². The van der Waals surface area contributed by atoms with Crippen molar-refractivity contribution in [3.63, 3.8) is 0 Å². The van der Waals surface area contributed by atoms with Gasteiger partial charge in [0, 0.05) is 16.1 Å². The standard InChI is InChI=1S/C23H13Cl2N3O5S/c24-14-2-6-16(7-3-14)27-22(30)18(21(29)26-23(27)34)11-13-1-10-20(19(12-13)28(31)32)33-17-8-4-15(25)5-9-17/h1-12H,(H,26,29,34). The van der Waals surface area contributed by atoms with E-state index in [0.29, 0.717) is 21.5 Å². The lowest BCUT2D eigenvalue weighted by Crippen LogP contribution is -2.54. The Balaban J connectivity index is 1.68. The SMILES string of the molecule is O=C1NC(=S)N(c2ccc(Cl)cc2)C(=O)C1=Cc1ccc(Oc2ccc(Cl)cc2)c([N+](=O)[O-])c1. The smallest absolute Gasteiger partial charge is 0.312 e. The Morgan fingerprint density at radius 2 is 1.59 bits per heavy atom. The first-order valence-corrected chi connectivity index (χ1v) is 10.8. The van der Waals surface area contributed by atoms with Gasteiger partial charge >= 0.3 is 5.69 Å². The predicted molar refractivity (Wildman–Crippen MR) is 132 cm³/mol. The number of nitrogens with one attached hydrogen (secondary N) is 1. The van der Waals surface area contributed by atoms with E-state index < -0.39 is 16.7 Å². The Morgan fingerprint density at radius 3 is 2.21 bits per heavy atom. The monoisotopic (exact) mass is 513 g/mol. The van der Waals surface area contributed by atoms with Crippen LogP contribution < -0.4 is 15.0 Å². The largest absolute Gasteiger partial charge is 0.450 e. The third-order valence-corrected chi connectivity index (χ3v) is 5.51. The van der Waals surface area contributed by atoms with E-state index >= 15 is 0 Å². The fourth-order valence-electron chi connectivity index (χ4n) is 3.13. The van der Waals surface area contributed by atoms with Crippen LogP contribution in [0.4, 0.5) is 11.4 Å². The van der Waals surface area contributed by atoms with Crippen molar-refractivity contribution in [2.24, 2.45) is 0 Å². The lowest BCUT2D eigenvalue weighted by atomic mass is 10.1. The average Bonchev–Trinajstić information content (AvgIpc) is 2.80. The van der Waals surface area contributed by atoms with Gasteiger partial charge in [0.2, 0.25) is 5.75 Å². The number of hydrogen-bond acceptors (Lipinski definition) is 6. The first-order chi connectivity index (χ1) is 16.2. The van der Waals surface area contributed by atoms with E-state index in [1.54, 1.807) is 48.5 Å². The molecule has 0 spiro atoms. The molecule has 1 N–H and O–H groups in total. The number of ether oxygens (including phenoxy) is 1. The van der Waals surface area contributed by atoms with Crippen LogP contribution in [-0.4, -0.2) is 21.9 Å². The normalized spacial score (nSPS) is 14.8. The van der Waals surface area contributed by atoms with Crippen LogP contribution in [0.25, 0.3) is 6.08 Å². The maximum atomic E-state index is 13.1. The lowest BCUT2D eigenvalue weighted by molar-refractivity contribution is -0.385. The third-order valence-electron chi connectivity index (χ3n) is 4.72. The minimum atomic E-state index is -0.718. The summed E-state index contributed by atoms with van der Waals surface area (Å²) in [5, 5.41) is 15.0. The second-order valence-corrected chi connectivity index (χ2v) is 8.23. The third kappa shape index (κ3) is 4.91. The molecule has 170 valence electrons. The van der Waals surface area contributed by atoms with E-state index in [0.717, 1.165) is 4.90 Å². The van der Waals surface area contributed by atoms with Gasteiger partial charge in [-0.05, 0) is 78.5 Å². The molecule has 2 amide bonds. The quantitative estimate of drug-likeness (QED) is 0.158. The molecule has 11 heteroatoms. The molecule has 0 radical (unpaired) electrons. The van der Waals surface area contributed by atoms with Gasteiger partial charge in [-0.1, -0.05) is 29.3 Å². The number of anilines is 1. The highest BCUT2D eigenvalue weighted by molar-refractivity contribution is 7.80. The van der Waals surface area contributed by atoms with Gasteiger partial charge in [-0.2, -0.15) is 0 Å². The number of hydrogen-bond donors (Lipinski definition) is 1. The second-order valence-electron chi connectivity index (χ2n) is 6.97. The van der Waals surface area contributed by atoms with Gasteiger partial charge in [-0.3, -0.25) is 29.9 Å². The van der Waals surface area contributed by atoms with Crippen LogP contribution in [0.5, 0.6) is 11.5 Å². The van der Waals surface area contributed by atoms with Crippen LogP contribution in [0.15, 0.2) is 72.3 Å². The van der Waals surface area contributed by atoms with Crippen molar-refractivity contribution < 1.29 is 19.2 Å². The molecule has 3 aromatic rings. The lowest BCUT2D eigenvalue weighted by Gasteiger charge is -2.28. The van der Waals surface area contributed by atoms with E-state index in [9.17, 15) is 19.7 Å². The molecule has 3 aromatic carbocycles. The van der Waals surface area contributed by atoms with Crippen molar-refractivity contribution in [3.05, 3.63) is 98.0 Å². The number of nitrogens with zero attached hydrogens (tertiary/aromatic N) is 2. The Labute approximate surface area is 208 Å². The average molecular weight is 514 g/mol. The number of rotatable bonds is 5. The summed E-state index contributed by atoms with van der Waals surface area (Å²) in [6.45, 7) is 0. The van der Waals surface area contributed by atoms with Crippen LogP contribution in [0.3, 0.4) is 0 Å². The van der Waals surface area contributed by atoms with Gasteiger partial charge in [-0.15, -0.1) is 0 Å². The molecule has 1 saturated heterocycles. The number of halogens is 2. The Hall–Kier alpha value is -3.79. The number of carbonyl (C=O) groups excluding carboxylic acids is 2. The highest BCUT2D eigenvalue weighted by Gasteiger charge is 2.34. The predicted octanol–water partition coefficient (Wildman–Crippen LogP) is 5.53. The molecule has 34 heavy (non-hydrogen) atoms. The molecule has 0 atom stereocenters. The summed E-state index contributed by atoms with van der Waals surface area (Å²) in [4.78, 5) is 37.8. The van der Waals surface area contributed by atoms with Crippen LogP contribution in [0, 0.1) is 10.1 Å². The summed E-state index contributed by atoms with van der Waals surface area (Å²) >= 11 is 16.9. The van der Waals surface area contributed by atoms with Crippen molar-refractivity contribution in [3.8, 4) is 11.5 Å². The summed E-state index contributed by atoms with van der Waals surface area (Å²) in [6.07, 6.45) is 1.25. The second kappa shape index (κ2) is 9.60. The highest BCUT2D eigenvalue weighted by Crippen LogP contribution is 2.33. The zero-order valence-corrected chi connectivity index (χ0v) is 19.4. The Bertz CT molecular complexity index is 1360. The maximum Gasteiger partial charge on any atom is 0.312 e. The molecule has 0 saturated carbocycles. The molecule has 0 aliphatic carbocycles. The molecular formula is C23H13Cl2N3O5S. The molecule has 4 rings (SSSR count). The van der Waals surface area contributed by atoms with Crippen LogP contribution in [-0.2, 0) is 9.59 Å². The first-order valence-electron chi connectivity index (χ1n) is 9.62. The van der Waals surface area contributed by atoms with E-state index in [-0.39, 0.29) is 27.7 Å². The highest BCUT2D eigenvalue weighted by atomic mass is 35.5.